The Morgan fingerprint density at radius 3 is 2.36 bits per heavy atom. The highest BCUT2D eigenvalue weighted by Gasteiger charge is 2.44. The Bertz CT molecular complexity index is 198. The molecule has 1 heterocycles. The fraction of sp³-hybridized carbons (Fsp3) is 1.00. The summed E-state index contributed by atoms with van der Waals surface area (Å²) in [6.07, 6.45) is -6.05. The van der Waals surface area contributed by atoms with Gasteiger partial charge in [0.2, 0.25) is 0 Å². The Hall–Kier alpha value is -0.330. The largest absolute Gasteiger partial charge is 0.522 e. The van der Waals surface area contributed by atoms with Gasteiger partial charge in [0.15, 0.2) is 0 Å². The number of rotatable bonds is 2. The lowest BCUT2D eigenvalue weighted by Crippen LogP contribution is -2.37. The summed E-state index contributed by atoms with van der Waals surface area (Å²) in [6, 6.07) is -0.0626. The van der Waals surface area contributed by atoms with E-state index in [1.165, 1.54) is 7.11 Å². The molecule has 0 aromatic rings. The average molecular weight is 213 g/mol. The molecule has 3 unspecified atom stereocenters. The van der Waals surface area contributed by atoms with Gasteiger partial charge in [-0.15, -0.1) is 13.2 Å². The fourth-order valence-electron chi connectivity index (χ4n) is 1.74. The fourth-order valence-corrected chi connectivity index (χ4v) is 1.74. The van der Waals surface area contributed by atoms with Crippen molar-refractivity contribution in [1.82, 2.24) is 4.90 Å². The lowest BCUT2D eigenvalue weighted by molar-refractivity contribution is -0.348. The first-order valence-electron chi connectivity index (χ1n) is 4.32. The van der Waals surface area contributed by atoms with Crippen LogP contribution in [0, 0.1) is 0 Å². The number of methoxy groups -OCH3 is 1. The lowest BCUT2D eigenvalue weighted by Gasteiger charge is -2.21. The Balaban J connectivity index is 2.61. The molecule has 1 aliphatic rings. The molecule has 1 aliphatic heterocycles. The molecule has 0 radical (unpaired) electrons. The zero-order valence-corrected chi connectivity index (χ0v) is 8.34. The van der Waals surface area contributed by atoms with E-state index in [0.717, 1.165) is 0 Å². The lowest BCUT2D eigenvalue weighted by atomic mass is 10.1. The van der Waals surface area contributed by atoms with Crippen molar-refractivity contribution >= 4 is 0 Å². The number of halogens is 3. The van der Waals surface area contributed by atoms with Crippen molar-refractivity contribution in [2.45, 2.75) is 31.5 Å². The molecule has 3 atom stereocenters. The SMILES string of the molecule is COC1C(OC(F)(F)F)CN(C)C1C. The minimum atomic E-state index is -4.59. The smallest absolute Gasteiger partial charge is 0.377 e. The van der Waals surface area contributed by atoms with Crippen LogP contribution in [0.3, 0.4) is 0 Å². The molecule has 0 aromatic heterocycles. The van der Waals surface area contributed by atoms with Gasteiger partial charge < -0.3 is 4.74 Å². The molecule has 84 valence electrons. The van der Waals surface area contributed by atoms with Crippen molar-refractivity contribution in [3.63, 3.8) is 0 Å². The van der Waals surface area contributed by atoms with Crippen LogP contribution in [0.4, 0.5) is 13.2 Å². The number of hydrogen-bond acceptors (Lipinski definition) is 3. The summed E-state index contributed by atoms with van der Waals surface area (Å²) in [5, 5.41) is 0. The van der Waals surface area contributed by atoms with Crippen molar-refractivity contribution in [1.29, 1.82) is 0 Å². The van der Waals surface area contributed by atoms with E-state index in [4.69, 9.17) is 4.74 Å². The Morgan fingerprint density at radius 1 is 1.36 bits per heavy atom. The highest BCUT2D eigenvalue weighted by molar-refractivity contribution is 4.91. The first-order valence-corrected chi connectivity index (χ1v) is 4.32. The van der Waals surface area contributed by atoms with Crippen molar-refractivity contribution in [2.24, 2.45) is 0 Å². The number of hydrogen-bond donors (Lipinski definition) is 0. The maximum absolute atomic E-state index is 12.0. The minimum absolute atomic E-state index is 0.0626. The standard InChI is InChI=1S/C8H14F3NO2/c1-5-7(13-3)6(4-12(5)2)14-8(9,10)11/h5-7H,4H2,1-3H3. The molecule has 1 saturated heterocycles. The normalized spacial score (nSPS) is 35.1. The van der Waals surface area contributed by atoms with Crippen LogP contribution in [-0.2, 0) is 9.47 Å². The van der Waals surface area contributed by atoms with Gasteiger partial charge in [-0.1, -0.05) is 0 Å². The summed E-state index contributed by atoms with van der Waals surface area (Å²) in [5.74, 6) is 0. The number of likely N-dealkylation sites (N-methyl/N-ethyl adjacent to an activating group) is 1. The summed E-state index contributed by atoms with van der Waals surface area (Å²) in [6.45, 7) is 2.05. The van der Waals surface area contributed by atoms with Gasteiger partial charge in [0.05, 0.1) is 0 Å². The van der Waals surface area contributed by atoms with E-state index >= 15 is 0 Å². The van der Waals surface area contributed by atoms with E-state index in [1.807, 2.05) is 6.92 Å². The van der Waals surface area contributed by atoms with Crippen LogP contribution in [-0.4, -0.2) is 50.2 Å². The van der Waals surface area contributed by atoms with Crippen molar-refractivity contribution in [3.05, 3.63) is 0 Å². The predicted molar refractivity (Wildman–Crippen MR) is 43.8 cm³/mol. The second-order valence-corrected chi connectivity index (χ2v) is 3.48. The van der Waals surface area contributed by atoms with Crippen LogP contribution >= 0.6 is 0 Å². The zero-order valence-electron chi connectivity index (χ0n) is 8.34. The van der Waals surface area contributed by atoms with Gasteiger partial charge in [0, 0.05) is 19.7 Å². The van der Waals surface area contributed by atoms with Crippen molar-refractivity contribution in [2.75, 3.05) is 20.7 Å². The maximum atomic E-state index is 12.0. The highest BCUT2D eigenvalue weighted by Crippen LogP contribution is 2.27. The molecule has 0 bridgehead atoms. The highest BCUT2D eigenvalue weighted by atomic mass is 19.4. The molecule has 0 spiro atoms. The molecule has 3 nitrogen and oxygen atoms in total. The van der Waals surface area contributed by atoms with Crippen LogP contribution in [0.25, 0.3) is 0 Å². The zero-order chi connectivity index (χ0) is 10.9. The van der Waals surface area contributed by atoms with Crippen molar-refractivity contribution in [3.8, 4) is 0 Å². The number of ether oxygens (including phenoxy) is 2. The molecular weight excluding hydrogens is 199 g/mol. The van der Waals surface area contributed by atoms with E-state index in [9.17, 15) is 13.2 Å². The first-order chi connectivity index (χ1) is 6.35. The Morgan fingerprint density at radius 2 is 1.93 bits per heavy atom. The van der Waals surface area contributed by atoms with Gasteiger partial charge in [0.25, 0.3) is 0 Å². The Labute approximate surface area is 80.8 Å². The molecule has 0 aliphatic carbocycles. The topological polar surface area (TPSA) is 21.7 Å². The second kappa shape index (κ2) is 4.04. The molecule has 0 N–H and O–H groups in total. The molecule has 1 fully saturated rings. The average Bonchev–Trinajstić information content (AvgIpc) is 2.24. The monoisotopic (exact) mass is 213 g/mol. The van der Waals surface area contributed by atoms with E-state index in [-0.39, 0.29) is 12.6 Å². The maximum Gasteiger partial charge on any atom is 0.522 e. The van der Waals surface area contributed by atoms with E-state index < -0.39 is 18.6 Å². The van der Waals surface area contributed by atoms with Crippen LogP contribution < -0.4 is 0 Å². The van der Waals surface area contributed by atoms with Crippen LogP contribution in [0.5, 0.6) is 0 Å². The third kappa shape index (κ3) is 2.59. The van der Waals surface area contributed by atoms with Gasteiger partial charge >= 0.3 is 6.36 Å². The second-order valence-electron chi connectivity index (χ2n) is 3.48. The molecular formula is C8H14F3NO2. The Kier molecular flexibility index (Phi) is 3.39. The minimum Gasteiger partial charge on any atom is -0.377 e. The number of alkyl halides is 3. The van der Waals surface area contributed by atoms with Gasteiger partial charge in [0.1, 0.15) is 12.2 Å². The van der Waals surface area contributed by atoms with E-state index in [2.05, 4.69) is 4.74 Å². The summed E-state index contributed by atoms with van der Waals surface area (Å²) in [4.78, 5) is 1.78. The van der Waals surface area contributed by atoms with E-state index in [1.54, 1.807) is 11.9 Å². The molecule has 14 heavy (non-hydrogen) atoms. The molecule has 0 aromatic carbocycles. The third-order valence-corrected chi connectivity index (χ3v) is 2.56. The molecule has 6 heteroatoms. The van der Waals surface area contributed by atoms with Crippen LogP contribution in [0.1, 0.15) is 6.92 Å². The van der Waals surface area contributed by atoms with E-state index in [0.29, 0.717) is 0 Å². The molecule has 0 saturated carbocycles. The van der Waals surface area contributed by atoms with Crippen LogP contribution in [0.15, 0.2) is 0 Å². The summed E-state index contributed by atoms with van der Waals surface area (Å²) >= 11 is 0. The van der Waals surface area contributed by atoms with Crippen molar-refractivity contribution < 1.29 is 22.6 Å². The summed E-state index contributed by atoms with van der Waals surface area (Å²) in [5.41, 5.74) is 0. The first kappa shape index (κ1) is 11.7. The quantitative estimate of drug-likeness (QED) is 0.688. The third-order valence-electron chi connectivity index (χ3n) is 2.56. The molecule has 0 amide bonds. The van der Waals surface area contributed by atoms with Crippen LogP contribution in [0.2, 0.25) is 0 Å². The molecule has 1 rings (SSSR count). The number of nitrogens with zero attached hydrogens (tertiary/aromatic N) is 1. The number of likely N-dealkylation sites (tertiary alicyclic amines) is 1. The van der Waals surface area contributed by atoms with Gasteiger partial charge in [-0.3, -0.25) is 9.64 Å². The van der Waals surface area contributed by atoms with Gasteiger partial charge in [-0.25, -0.2) is 0 Å². The van der Waals surface area contributed by atoms with Gasteiger partial charge in [-0.2, -0.15) is 0 Å². The summed E-state index contributed by atoms with van der Waals surface area (Å²) in [7, 11) is 3.14. The summed E-state index contributed by atoms with van der Waals surface area (Å²) < 4.78 is 44.9. The predicted octanol–water partition coefficient (Wildman–Crippen LogP) is 1.24. The van der Waals surface area contributed by atoms with Gasteiger partial charge in [-0.05, 0) is 14.0 Å².